The van der Waals surface area contributed by atoms with Gasteiger partial charge in [-0.2, -0.15) is 0 Å². The quantitative estimate of drug-likeness (QED) is 0.746. The largest absolute Gasteiger partial charge is 0.388 e. The Hall–Kier alpha value is -0.960. The Balaban J connectivity index is 2.12. The van der Waals surface area contributed by atoms with Gasteiger partial charge in [-0.1, -0.05) is 6.92 Å². The highest BCUT2D eigenvalue weighted by atomic mass is 16.3. The van der Waals surface area contributed by atoms with Crippen molar-refractivity contribution in [2.75, 3.05) is 0 Å². The summed E-state index contributed by atoms with van der Waals surface area (Å²) in [6.45, 7) is 4.00. The number of nitrogens with zero attached hydrogens (tertiary/aromatic N) is 2. The number of aliphatic hydroxyl groups excluding tert-OH is 1. The molecule has 2 rings (SSSR count). The summed E-state index contributed by atoms with van der Waals surface area (Å²) in [4.78, 5) is 8.13. The highest BCUT2D eigenvalue weighted by molar-refractivity contribution is 5.12. The molecule has 0 amide bonds. The van der Waals surface area contributed by atoms with Crippen LogP contribution >= 0.6 is 0 Å². The summed E-state index contributed by atoms with van der Waals surface area (Å²) >= 11 is 0. The van der Waals surface area contributed by atoms with Gasteiger partial charge in [-0.15, -0.1) is 0 Å². The Bertz CT molecular complexity index is 296. The molecule has 3 heteroatoms. The fourth-order valence-corrected chi connectivity index (χ4v) is 1.59. The third kappa shape index (κ3) is 1.70. The normalized spacial score (nSPS) is 28.5. The zero-order valence-corrected chi connectivity index (χ0v) is 7.94. The molecule has 3 atom stereocenters. The molecule has 3 nitrogen and oxygen atoms in total. The smallest absolute Gasteiger partial charge is 0.125 e. The first-order chi connectivity index (χ1) is 6.18. The summed E-state index contributed by atoms with van der Waals surface area (Å²) in [5, 5.41) is 9.84. The molecule has 70 valence electrons. The van der Waals surface area contributed by atoms with Crippen LogP contribution in [0.2, 0.25) is 0 Å². The standard InChI is InChI=1S/C10H14N2O/c1-6-3-9(6)10(13)8-4-11-7(2)12-5-8/h4-6,9-10,13H,3H2,1-2H3/t6?,9-,10?/m0/s1. The molecular formula is C10H14N2O. The monoisotopic (exact) mass is 178 g/mol. The van der Waals surface area contributed by atoms with Crippen molar-refractivity contribution < 1.29 is 5.11 Å². The van der Waals surface area contributed by atoms with E-state index in [-0.39, 0.29) is 6.10 Å². The molecule has 0 spiro atoms. The molecule has 1 aromatic heterocycles. The summed E-state index contributed by atoms with van der Waals surface area (Å²) in [5.74, 6) is 1.82. The molecule has 1 aliphatic rings. The van der Waals surface area contributed by atoms with Gasteiger partial charge in [0.05, 0.1) is 6.10 Å². The van der Waals surface area contributed by atoms with E-state index in [4.69, 9.17) is 0 Å². The summed E-state index contributed by atoms with van der Waals surface area (Å²) in [6, 6.07) is 0. The van der Waals surface area contributed by atoms with Gasteiger partial charge in [-0.3, -0.25) is 0 Å². The first-order valence-corrected chi connectivity index (χ1v) is 4.65. The second-order valence-corrected chi connectivity index (χ2v) is 3.89. The molecule has 1 fully saturated rings. The van der Waals surface area contributed by atoms with Crippen LogP contribution in [0.15, 0.2) is 12.4 Å². The van der Waals surface area contributed by atoms with Crippen LogP contribution in [0.1, 0.15) is 30.8 Å². The van der Waals surface area contributed by atoms with E-state index in [1.807, 2.05) is 6.92 Å². The van der Waals surface area contributed by atoms with Crippen LogP contribution < -0.4 is 0 Å². The molecule has 2 unspecified atom stereocenters. The number of rotatable bonds is 2. The van der Waals surface area contributed by atoms with Crippen molar-refractivity contribution >= 4 is 0 Å². The summed E-state index contributed by atoms with van der Waals surface area (Å²) in [6.07, 6.45) is 4.20. The van der Waals surface area contributed by atoms with Crippen LogP contribution in [0.4, 0.5) is 0 Å². The lowest BCUT2D eigenvalue weighted by Crippen LogP contribution is -2.03. The fraction of sp³-hybridized carbons (Fsp3) is 0.600. The number of hydrogen-bond acceptors (Lipinski definition) is 3. The SMILES string of the molecule is Cc1ncc(C(O)[C@H]2CC2C)cn1. The highest BCUT2D eigenvalue weighted by Crippen LogP contribution is 2.46. The second kappa shape index (κ2) is 3.07. The van der Waals surface area contributed by atoms with Gasteiger partial charge >= 0.3 is 0 Å². The molecule has 0 bridgehead atoms. The van der Waals surface area contributed by atoms with Gasteiger partial charge in [0.1, 0.15) is 5.82 Å². The lowest BCUT2D eigenvalue weighted by atomic mass is 10.1. The summed E-state index contributed by atoms with van der Waals surface area (Å²) in [5.41, 5.74) is 0.847. The predicted molar refractivity (Wildman–Crippen MR) is 49.0 cm³/mol. The Morgan fingerprint density at radius 2 is 2.00 bits per heavy atom. The van der Waals surface area contributed by atoms with Crippen molar-refractivity contribution in [3.8, 4) is 0 Å². The zero-order chi connectivity index (χ0) is 9.42. The minimum atomic E-state index is -0.365. The maximum absolute atomic E-state index is 9.84. The minimum absolute atomic E-state index is 0.365. The number of aliphatic hydroxyl groups is 1. The van der Waals surface area contributed by atoms with E-state index in [0.29, 0.717) is 11.8 Å². The van der Waals surface area contributed by atoms with Crippen LogP contribution in [0.3, 0.4) is 0 Å². The van der Waals surface area contributed by atoms with Crippen LogP contribution in [-0.2, 0) is 0 Å². The zero-order valence-electron chi connectivity index (χ0n) is 7.94. The number of hydrogen-bond donors (Lipinski definition) is 1. The third-order valence-corrected chi connectivity index (χ3v) is 2.72. The van der Waals surface area contributed by atoms with Crippen LogP contribution in [0.25, 0.3) is 0 Å². The van der Waals surface area contributed by atoms with E-state index in [0.717, 1.165) is 17.8 Å². The maximum Gasteiger partial charge on any atom is 0.125 e. The van der Waals surface area contributed by atoms with Crippen molar-refractivity contribution in [1.82, 2.24) is 9.97 Å². The predicted octanol–water partition coefficient (Wildman–Crippen LogP) is 1.47. The van der Waals surface area contributed by atoms with Crippen molar-refractivity contribution in [2.24, 2.45) is 11.8 Å². The number of aryl methyl sites for hydroxylation is 1. The molecule has 0 aliphatic heterocycles. The number of aromatic nitrogens is 2. The molecule has 1 aromatic rings. The van der Waals surface area contributed by atoms with E-state index >= 15 is 0 Å². The van der Waals surface area contributed by atoms with Crippen LogP contribution in [0.5, 0.6) is 0 Å². The topological polar surface area (TPSA) is 46.0 Å². The summed E-state index contributed by atoms with van der Waals surface area (Å²) < 4.78 is 0. The first kappa shape index (κ1) is 8.63. The molecule has 0 saturated heterocycles. The Morgan fingerprint density at radius 1 is 1.46 bits per heavy atom. The average Bonchev–Trinajstić information content (AvgIpc) is 2.83. The van der Waals surface area contributed by atoms with Gasteiger partial charge in [-0.25, -0.2) is 9.97 Å². The van der Waals surface area contributed by atoms with Crippen LogP contribution in [0, 0.1) is 18.8 Å². The summed E-state index contributed by atoms with van der Waals surface area (Å²) in [7, 11) is 0. The van der Waals surface area contributed by atoms with Crippen molar-refractivity contribution in [2.45, 2.75) is 26.4 Å². The lowest BCUT2D eigenvalue weighted by molar-refractivity contribution is 0.147. The van der Waals surface area contributed by atoms with E-state index in [9.17, 15) is 5.11 Å². The molecular weight excluding hydrogens is 164 g/mol. The molecule has 1 N–H and O–H groups in total. The van der Waals surface area contributed by atoms with E-state index in [1.54, 1.807) is 12.4 Å². The first-order valence-electron chi connectivity index (χ1n) is 4.65. The molecule has 1 heterocycles. The van der Waals surface area contributed by atoms with Gasteiger partial charge in [0.15, 0.2) is 0 Å². The van der Waals surface area contributed by atoms with Gasteiger partial charge in [0.2, 0.25) is 0 Å². The molecule has 1 saturated carbocycles. The maximum atomic E-state index is 9.84. The Kier molecular flexibility index (Phi) is 2.04. The van der Waals surface area contributed by atoms with Gasteiger partial charge in [0, 0.05) is 18.0 Å². The molecule has 0 aromatic carbocycles. The van der Waals surface area contributed by atoms with Gasteiger partial charge in [-0.05, 0) is 25.2 Å². The second-order valence-electron chi connectivity index (χ2n) is 3.89. The third-order valence-electron chi connectivity index (χ3n) is 2.72. The van der Waals surface area contributed by atoms with E-state index in [1.165, 1.54) is 0 Å². The van der Waals surface area contributed by atoms with Crippen LogP contribution in [-0.4, -0.2) is 15.1 Å². The van der Waals surface area contributed by atoms with Gasteiger partial charge in [0.25, 0.3) is 0 Å². The van der Waals surface area contributed by atoms with Crippen molar-refractivity contribution in [3.63, 3.8) is 0 Å². The van der Waals surface area contributed by atoms with E-state index in [2.05, 4.69) is 16.9 Å². The highest BCUT2D eigenvalue weighted by Gasteiger charge is 2.39. The van der Waals surface area contributed by atoms with Gasteiger partial charge < -0.3 is 5.11 Å². The van der Waals surface area contributed by atoms with Crippen molar-refractivity contribution in [3.05, 3.63) is 23.8 Å². The Labute approximate surface area is 77.8 Å². The van der Waals surface area contributed by atoms with E-state index < -0.39 is 0 Å². The minimum Gasteiger partial charge on any atom is -0.388 e. The molecule has 1 aliphatic carbocycles. The average molecular weight is 178 g/mol. The fourth-order valence-electron chi connectivity index (χ4n) is 1.59. The molecule has 0 radical (unpaired) electrons. The molecule has 13 heavy (non-hydrogen) atoms. The van der Waals surface area contributed by atoms with Crippen molar-refractivity contribution in [1.29, 1.82) is 0 Å². The Morgan fingerprint density at radius 3 is 2.46 bits per heavy atom. The lowest BCUT2D eigenvalue weighted by Gasteiger charge is -2.08.